The lowest BCUT2D eigenvalue weighted by Crippen LogP contribution is -2.16. The number of rotatable bonds is 0. The Morgan fingerprint density at radius 3 is 1.68 bits per heavy atom. The first kappa shape index (κ1) is 15.8. The molecular weight excluding hydrogens is 260 g/mol. The highest BCUT2D eigenvalue weighted by Gasteiger charge is 2.09. The fraction of sp³-hybridized carbons (Fsp3) is 0.412. The lowest BCUT2D eigenvalue weighted by atomic mass is 10.1. The molecule has 0 amide bonds. The normalized spacial score (nSPS) is 11.1. The summed E-state index contributed by atoms with van der Waals surface area (Å²) in [6.45, 7) is 15.7. The highest BCUT2D eigenvalue weighted by atomic mass is 28.3. The van der Waals surface area contributed by atoms with Crippen LogP contribution in [0.1, 0.15) is 16.7 Å². The average molecular weight is 285 g/mol. The van der Waals surface area contributed by atoms with Gasteiger partial charge in [-0.3, -0.25) is 0 Å². The molecule has 0 heterocycles. The summed E-state index contributed by atoms with van der Waals surface area (Å²) >= 11 is 0. The van der Waals surface area contributed by atoms with Crippen LogP contribution in [0.2, 0.25) is 39.3 Å². The Balaban J connectivity index is 3.25. The van der Waals surface area contributed by atoms with E-state index in [1.54, 1.807) is 0 Å². The SMILES string of the molecule is Cc1ccc(C#C[Si](C)(C)C)c(C#C[Si](C)(C)C)c1. The van der Waals surface area contributed by atoms with Crippen molar-refractivity contribution in [3.05, 3.63) is 34.9 Å². The predicted octanol–water partition coefficient (Wildman–Crippen LogP) is 4.45. The smallest absolute Gasteiger partial charge is 0.127 e. The van der Waals surface area contributed by atoms with E-state index in [1.165, 1.54) is 5.56 Å². The Morgan fingerprint density at radius 2 is 1.21 bits per heavy atom. The predicted molar refractivity (Wildman–Crippen MR) is 91.6 cm³/mol. The van der Waals surface area contributed by atoms with Crippen molar-refractivity contribution in [2.24, 2.45) is 0 Å². The molecule has 0 aliphatic carbocycles. The van der Waals surface area contributed by atoms with Crippen molar-refractivity contribution in [3.63, 3.8) is 0 Å². The van der Waals surface area contributed by atoms with Crippen LogP contribution in [-0.2, 0) is 0 Å². The molecule has 1 rings (SSSR count). The summed E-state index contributed by atoms with van der Waals surface area (Å²) in [6.07, 6.45) is 0. The molecule has 0 nitrogen and oxygen atoms in total. The Labute approximate surface area is 120 Å². The summed E-state index contributed by atoms with van der Waals surface area (Å²) in [7, 11) is -2.68. The van der Waals surface area contributed by atoms with Crippen molar-refractivity contribution in [3.8, 4) is 22.9 Å². The number of hydrogen-bond acceptors (Lipinski definition) is 0. The Bertz CT molecular complexity index is 576. The minimum atomic E-state index is -1.34. The first-order valence-corrected chi connectivity index (χ1v) is 13.7. The maximum Gasteiger partial charge on any atom is 0.129 e. The molecule has 0 aliphatic rings. The van der Waals surface area contributed by atoms with E-state index in [9.17, 15) is 0 Å². The molecule has 0 radical (unpaired) electrons. The van der Waals surface area contributed by atoms with Gasteiger partial charge in [0.25, 0.3) is 0 Å². The van der Waals surface area contributed by atoms with Gasteiger partial charge < -0.3 is 0 Å². The first-order chi connectivity index (χ1) is 8.57. The molecule has 19 heavy (non-hydrogen) atoms. The topological polar surface area (TPSA) is 0 Å². The van der Waals surface area contributed by atoms with Gasteiger partial charge in [-0.15, -0.1) is 11.1 Å². The van der Waals surface area contributed by atoms with Crippen molar-refractivity contribution < 1.29 is 0 Å². The van der Waals surface area contributed by atoms with Gasteiger partial charge in [0.15, 0.2) is 0 Å². The minimum Gasteiger partial charge on any atom is -0.127 e. The van der Waals surface area contributed by atoms with Gasteiger partial charge in [0, 0.05) is 11.1 Å². The zero-order chi connectivity index (χ0) is 14.7. The molecule has 1 aromatic carbocycles. The van der Waals surface area contributed by atoms with Gasteiger partial charge in [-0.25, -0.2) is 0 Å². The fourth-order valence-corrected chi connectivity index (χ4v) is 2.40. The van der Waals surface area contributed by atoms with E-state index in [2.05, 4.69) is 87.3 Å². The van der Waals surface area contributed by atoms with Crippen LogP contribution in [0.4, 0.5) is 0 Å². The van der Waals surface area contributed by atoms with Crippen molar-refractivity contribution in [1.29, 1.82) is 0 Å². The van der Waals surface area contributed by atoms with Crippen molar-refractivity contribution in [2.75, 3.05) is 0 Å². The summed E-state index contributed by atoms with van der Waals surface area (Å²) in [6, 6.07) is 6.38. The third-order valence-corrected chi connectivity index (χ3v) is 4.07. The number of aryl methyl sites for hydroxylation is 1. The van der Waals surface area contributed by atoms with Crippen LogP contribution in [-0.4, -0.2) is 16.1 Å². The zero-order valence-corrected chi connectivity index (χ0v) is 15.2. The molecule has 0 aliphatic heterocycles. The van der Waals surface area contributed by atoms with E-state index in [4.69, 9.17) is 0 Å². The Hall–Kier alpha value is -1.23. The van der Waals surface area contributed by atoms with Crippen molar-refractivity contribution in [2.45, 2.75) is 46.2 Å². The van der Waals surface area contributed by atoms with Crippen LogP contribution in [0.3, 0.4) is 0 Å². The van der Waals surface area contributed by atoms with Crippen molar-refractivity contribution in [1.82, 2.24) is 0 Å². The highest BCUT2D eigenvalue weighted by molar-refractivity contribution is 6.84. The second-order valence-electron chi connectivity index (χ2n) is 7.05. The van der Waals surface area contributed by atoms with Gasteiger partial charge in [-0.1, -0.05) is 57.2 Å². The molecule has 1 aromatic rings. The maximum atomic E-state index is 3.44. The minimum absolute atomic E-state index is 1.08. The van der Waals surface area contributed by atoms with Gasteiger partial charge >= 0.3 is 0 Å². The monoisotopic (exact) mass is 284 g/mol. The zero-order valence-electron chi connectivity index (χ0n) is 13.2. The molecule has 2 heteroatoms. The highest BCUT2D eigenvalue weighted by Crippen LogP contribution is 2.11. The van der Waals surface area contributed by atoms with Crippen LogP contribution in [0.5, 0.6) is 0 Å². The third kappa shape index (κ3) is 6.48. The van der Waals surface area contributed by atoms with Crippen LogP contribution in [0.15, 0.2) is 18.2 Å². The van der Waals surface area contributed by atoms with E-state index in [-0.39, 0.29) is 0 Å². The summed E-state index contributed by atoms with van der Waals surface area (Å²) in [5, 5.41) is 0. The Kier molecular flexibility index (Phi) is 4.85. The van der Waals surface area contributed by atoms with Crippen LogP contribution >= 0.6 is 0 Å². The van der Waals surface area contributed by atoms with E-state index < -0.39 is 16.1 Å². The van der Waals surface area contributed by atoms with Gasteiger partial charge in [0.05, 0.1) is 0 Å². The molecule has 0 saturated carbocycles. The molecular formula is C17H24Si2. The van der Waals surface area contributed by atoms with E-state index in [0.717, 1.165) is 11.1 Å². The molecule has 0 atom stereocenters. The molecule has 0 saturated heterocycles. The number of hydrogen-bond donors (Lipinski definition) is 0. The van der Waals surface area contributed by atoms with Crippen molar-refractivity contribution >= 4 is 16.1 Å². The van der Waals surface area contributed by atoms with Gasteiger partial charge in [0.1, 0.15) is 16.1 Å². The second kappa shape index (κ2) is 5.82. The molecule has 0 fully saturated rings. The summed E-state index contributed by atoms with van der Waals surface area (Å²) < 4.78 is 0. The van der Waals surface area contributed by atoms with Crippen LogP contribution < -0.4 is 0 Å². The molecule has 0 bridgehead atoms. The van der Waals surface area contributed by atoms with E-state index >= 15 is 0 Å². The average Bonchev–Trinajstić information content (AvgIpc) is 2.22. The van der Waals surface area contributed by atoms with Gasteiger partial charge in [0.2, 0.25) is 0 Å². The lowest BCUT2D eigenvalue weighted by molar-refractivity contribution is 1.44. The molecule has 0 N–H and O–H groups in total. The van der Waals surface area contributed by atoms with E-state index in [1.807, 2.05) is 0 Å². The second-order valence-corrected chi connectivity index (χ2v) is 16.5. The standard InChI is InChI=1S/C17H24Si2/c1-15-8-9-16(10-12-18(2,3)4)17(14-15)11-13-19(5,6)7/h8-9,14H,1-7H3. The Morgan fingerprint density at radius 1 is 0.737 bits per heavy atom. The molecule has 0 aromatic heterocycles. The largest absolute Gasteiger partial charge is 0.129 e. The summed E-state index contributed by atoms with van der Waals surface area (Å²) in [5.41, 5.74) is 10.3. The van der Waals surface area contributed by atoms with Crippen LogP contribution in [0.25, 0.3) is 0 Å². The van der Waals surface area contributed by atoms with Gasteiger partial charge in [-0.05, 0) is 24.6 Å². The molecule has 0 unspecified atom stereocenters. The molecule has 100 valence electrons. The maximum absolute atomic E-state index is 3.44. The fourth-order valence-electron chi connectivity index (χ4n) is 1.38. The third-order valence-electron chi connectivity index (χ3n) is 2.32. The van der Waals surface area contributed by atoms with E-state index in [0.29, 0.717) is 0 Å². The quantitative estimate of drug-likeness (QED) is 0.487. The summed E-state index contributed by atoms with van der Waals surface area (Å²) in [5.74, 6) is 6.70. The van der Waals surface area contributed by atoms with Gasteiger partial charge in [-0.2, -0.15) is 0 Å². The van der Waals surface area contributed by atoms with Crippen LogP contribution in [0, 0.1) is 29.9 Å². The molecule has 0 spiro atoms. The number of benzene rings is 1. The summed E-state index contributed by atoms with van der Waals surface area (Å²) in [4.78, 5) is 0. The first-order valence-electron chi connectivity index (χ1n) is 6.74. The lowest BCUT2D eigenvalue weighted by Gasteiger charge is -2.06.